The fourth-order valence-corrected chi connectivity index (χ4v) is 4.11. The summed E-state index contributed by atoms with van der Waals surface area (Å²) in [5, 5.41) is 11.5. The molecule has 2 amide bonds. The zero-order valence-corrected chi connectivity index (χ0v) is 16.5. The first kappa shape index (κ1) is 19.8. The number of amides is 2. The number of carbonyl (C=O) groups is 2. The van der Waals surface area contributed by atoms with Crippen LogP contribution in [0.25, 0.3) is 0 Å². The van der Waals surface area contributed by atoms with Crippen molar-refractivity contribution in [2.75, 3.05) is 49.1 Å². The van der Waals surface area contributed by atoms with Gasteiger partial charge in [0.05, 0.1) is 11.5 Å². The predicted molar refractivity (Wildman–Crippen MR) is 113 cm³/mol. The first-order valence-electron chi connectivity index (χ1n) is 9.88. The molecule has 2 aliphatic rings. The lowest BCUT2D eigenvalue weighted by Gasteiger charge is -2.36. The number of nitrogens with zero attached hydrogens (tertiary/aromatic N) is 4. The molecule has 2 aliphatic heterocycles. The van der Waals surface area contributed by atoms with E-state index in [0.29, 0.717) is 45.0 Å². The second-order valence-corrected chi connectivity index (χ2v) is 7.51. The molecule has 0 aliphatic carbocycles. The number of nitrogens with two attached hydrogens (primary N) is 1. The number of hydrogen-bond acceptors (Lipinski definition) is 6. The van der Waals surface area contributed by atoms with E-state index in [0.717, 1.165) is 12.1 Å². The van der Waals surface area contributed by atoms with Crippen LogP contribution in [0.15, 0.2) is 42.5 Å². The van der Waals surface area contributed by atoms with Crippen molar-refractivity contribution in [3.8, 4) is 0 Å². The van der Waals surface area contributed by atoms with E-state index in [1.165, 1.54) is 17.7 Å². The second kappa shape index (κ2) is 8.11. The molecule has 0 saturated carbocycles. The van der Waals surface area contributed by atoms with Gasteiger partial charge in [0.25, 0.3) is 5.69 Å². The van der Waals surface area contributed by atoms with Gasteiger partial charge in [-0.15, -0.1) is 0 Å². The average molecular weight is 409 g/mol. The molecule has 0 radical (unpaired) electrons. The van der Waals surface area contributed by atoms with Gasteiger partial charge in [-0.05, 0) is 30.2 Å². The van der Waals surface area contributed by atoms with Gasteiger partial charge in [-0.1, -0.05) is 18.2 Å². The highest BCUT2D eigenvalue weighted by atomic mass is 16.6. The largest absolute Gasteiger partial charge is 0.366 e. The first-order chi connectivity index (χ1) is 14.4. The van der Waals surface area contributed by atoms with Crippen LogP contribution in [0.4, 0.5) is 17.1 Å². The summed E-state index contributed by atoms with van der Waals surface area (Å²) in [4.78, 5) is 40.9. The molecule has 30 heavy (non-hydrogen) atoms. The molecule has 9 nitrogen and oxygen atoms in total. The summed E-state index contributed by atoms with van der Waals surface area (Å²) in [6.45, 7) is 3.38. The van der Waals surface area contributed by atoms with Gasteiger partial charge in [0, 0.05) is 50.0 Å². The number of anilines is 2. The number of carbonyl (C=O) groups excluding carboxylic acids is 2. The van der Waals surface area contributed by atoms with Gasteiger partial charge in [0.15, 0.2) is 0 Å². The normalized spacial score (nSPS) is 16.4. The summed E-state index contributed by atoms with van der Waals surface area (Å²) in [5.74, 6) is -0.623. The fraction of sp³-hybridized carbons (Fsp3) is 0.333. The lowest BCUT2D eigenvalue weighted by molar-refractivity contribution is -0.384. The Bertz CT molecular complexity index is 1000. The average Bonchev–Trinajstić information content (AvgIpc) is 3.18. The van der Waals surface area contributed by atoms with E-state index in [1.54, 1.807) is 6.07 Å². The number of hydrogen-bond donors (Lipinski definition) is 1. The number of rotatable bonds is 5. The maximum atomic E-state index is 12.8. The zero-order chi connectivity index (χ0) is 21.3. The van der Waals surface area contributed by atoms with Gasteiger partial charge in [-0.3, -0.25) is 24.6 Å². The number of benzene rings is 2. The van der Waals surface area contributed by atoms with Crippen LogP contribution >= 0.6 is 0 Å². The monoisotopic (exact) mass is 409 g/mol. The van der Waals surface area contributed by atoms with Crippen LogP contribution in [0.3, 0.4) is 0 Å². The molecule has 2 N–H and O–H groups in total. The van der Waals surface area contributed by atoms with E-state index in [2.05, 4.69) is 11.0 Å². The molecule has 0 aromatic heterocycles. The van der Waals surface area contributed by atoms with Crippen molar-refractivity contribution in [3.63, 3.8) is 0 Å². The predicted octanol–water partition coefficient (Wildman–Crippen LogP) is 1.41. The highest BCUT2D eigenvalue weighted by molar-refractivity contribution is 5.97. The van der Waals surface area contributed by atoms with Gasteiger partial charge < -0.3 is 15.5 Å². The minimum absolute atomic E-state index is 0.0743. The van der Waals surface area contributed by atoms with Crippen LogP contribution in [-0.2, 0) is 11.2 Å². The standard InChI is InChI=1S/C21H23N5O4/c22-21(28)16-5-6-18(19(13-16)26(29)30)24-11-9-23(10-12-24)14-20(27)25-8-7-15-3-1-2-4-17(15)25/h1-6,13H,7-12,14H2,(H2,22,28). The van der Waals surface area contributed by atoms with Crippen molar-refractivity contribution in [3.05, 3.63) is 63.7 Å². The summed E-state index contributed by atoms with van der Waals surface area (Å²) >= 11 is 0. The number of nitro benzene ring substituents is 1. The number of para-hydroxylation sites is 1. The van der Waals surface area contributed by atoms with Crippen molar-refractivity contribution in [2.24, 2.45) is 5.73 Å². The fourth-order valence-electron chi connectivity index (χ4n) is 4.11. The van der Waals surface area contributed by atoms with Gasteiger partial charge in [0.2, 0.25) is 11.8 Å². The Morgan fingerprint density at radius 2 is 1.73 bits per heavy atom. The number of fused-ring (bicyclic) bond motifs is 1. The van der Waals surface area contributed by atoms with E-state index >= 15 is 0 Å². The summed E-state index contributed by atoms with van der Waals surface area (Å²) in [6.07, 6.45) is 0.876. The Kier molecular flexibility index (Phi) is 5.37. The van der Waals surface area contributed by atoms with Crippen molar-refractivity contribution in [2.45, 2.75) is 6.42 Å². The maximum absolute atomic E-state index is 12.8. The van der Waals surface area contributed by atoms with Crippen LogP contribution in [-0.4, -0.2) is 60.9 Å². The number of piperazine rings is 1. The highest BCUT2D eigenvalue weighted by Crippen LogP contribution is 2.30. The smallest absolute Gasteiger partial charge is 0.293 e. The zero-order valence-electron chi connectivity index (χ0n) is 16.5. The lowest BCUT2D eigenvalue weighted by Crippen LogP contribution is -2.50. The molecule has 0 bridgehead atoms. The van der Waals surface area contributed by atoms with Crippen LogP contribution < -0.4 is 15.5 Å². The molecule has 2 aromatic rings. The van der Waals surface area contributed by atoms with E-state index in [9.17, 15) is 19.7 Å². The van der Waals surface area contributed by atoms with Crippen molar-refractivity contribution >= 4 is 28.9 Å². The molecule has 1 fully saturated rings. The summed E-state index contributed by atoms with van der Waals surface area (Å²) in [7, 11) is 0. The molecule has 2 aromatic carbocycles. The van der Waals surface area contributed by atoms with Crippen LogP contribution in [0.2, 0.25) is 0 Å². The van der Waals surface area contributed by atoms with Gasteiger partial charge in [0.1, 0.15) is 5.69 Å². The molecule has 4 rings (SSSR count). The van der Waals surface area contributed by atoms with E-state index in [-0.39, 0.29) is 17.2 Å². The summed E-state index contributed by atoms with van der Waals surface area (Å²) < 4.78 is 0. The Labute approximate surface area is 173 Å². The SMILES string of the molecule is NC(=O)c1ccc(N2CCN(CC(=O)N3CCc4ccccc43)CC2)c([N+](=O)[O-])c1. The quantitative estimate of drug-likeness (QED) is 0.590. The molecule has 1 saturated heterocycles. The maximum Gasteiger partial charge on any atom is 0.293 e. The highest BCUT2D eigenvalue weighted by Gasteiger charge is 2.28. The van der Waals surface area contributed by atoms with Crippen molar-refractivity contribution < 1.29 is 14.5 Å². The summed E-state index contributed by atoms with van der Waals surface area (Å²) in [5.41, 5.74) is 7.87. The molecule has 0 unspecified atom stereocenters. The first-order valence-corrected chi connectivity index (χ1v) is 9.88. The molecular weight excluding hydrogens is 386 g/mol. The van der Waals surface area contributed by atoms with Crippen molar-refractivity contribution in [1.82, 2.24) is 4.90 Å². The molecule has 156 valence electrons. The second-order valence-electron chi connectivity index (χ2n) is 7.51. The van der Waals surface area contributed by atoms with Gasteiger partial charge >= 0.3 is 0 Å². The third kappa shape index (κ3) is 3.84. The minimum atomic E-state index is -0.698. The Hall–Kier alpha value is -3.46. The topological polar surface area (TPSA) is 113 Å². The third-order valence-electron chi connectivity index (χ3n) is 5.72. The Morgan fingerprint density at radius 1 is 1.00 bits per heavy atom. The molecule has 2 heterocycles. The van der Waals surface area contributed by atoms with E-state index in [4.69, 9.17) is 5.73 Å². The minimum Gasteiger partial charge on any atom is -0.366 e. The number of nitro groups is 1. The lowest BCUT2D eigenvalue weighted by atomic mass is 10.1. The molecule has 9 heteroatoms. The molecule has 0 atom stereocenters. The third-order valence-corrected chi connectivity index (χ3v) is 5.72. The Balaban J connectivity index is 1.39. The van der Waals surface area contributed by atoms with E-state index in [1.807, 2.05) is 28.0 Å². The van der Waals surface area contributed by atoms with Crippen molar-refractivity contribution in [1.29, 1.82) is 0 Å². The van der Waals surface area contributed by atoms with Gasteiger partial charge in [-0.25, -0.2) is 0 Å². The van der Waals surface area contributed by atoms with Crippen LogP contribution in [0, 0.1) is 10.1 Å². The van der Waals surface area contributed by atoms with Crippen LogP contribution in [0.1, 0.15) is 15.9 Å². The number of primary amides is 1. The summed E-state index contributed by atoms with van der Waals surface area (Å²) in [6, 6.07) is 12.3. The van der Waals surface area contributed by atoms with Crippen LogP contribution in [0.5, 0.6) is 0 Å². The van der Waals surface area contributed by atoms with E-state index < -0.39 is 10.8 Å². The van der Waals surface area contributed by atoms with Gasteiger partial charge in [-0.2, -0.15) is 0 Å². The Morgan fingerprint density at radius 3 is 2.43 bits per heavy atom. The molecule has 0 spiro atoms. The molecular formula is C21H23N5O4.